The van der Waals surface area contributed by atoms with E-state index in [0.29, 0.717) is 18.8 Å². The number of aliphatic hydroxyl groups is 1. The van der Waals surface area contributed by atoms with Gasteiger partial charge in [0.2, 0.25) is 5.95 Å². The highest BCUT2D eigenvalue weighted by molar-refractivity contribution is 6.62. The molecular formula is C16H23B4N5O2. The van der Waals surface area contributed by atoms with Crippen LogP contribution < -0.4 is 16.4 Å². The van der Waals surface area contributed by atoms with Gasteiger partial charge in [-0.15, -0.1) is 5.11 Å². The van der Waals surface area contributed by atoms with E-state index in [1.807, 2.05) is 20.8 Å². The van der Waals surface area contributed by atoms with Crippen molar-refractivity contribution in [1.29, 1.82) is 0 Å². The minimum Gasteiger partial charge on any atom is -0.393 e. The normalized spacial score (nSPS) is 26.4. The average molecular weight is 361 g/mol. The smallest absolute Gasteiger partial charge is 0.254 e. The van der Waals surface area contributed by atoms with E-state index >= 15 is 0 Å². The van der Waals surface area contributed by atoms with Gasteiger partial charge < -0.3 is 21.5 Å². The van der Waals surface area contributed by atoms with E-state index in [4.69, 9.17) is 37.1 Å². The molecule has 7 nitrogen and oxygen atoms in total. The zero-order valence-corrected chi connectivity index (χ0v) is 16.0. The first-order valence-electron chi connectivity index (χ1n) is 8.78. The fourth-order valence-corrected chi connectivity index (χ4v) is 3.07. The van der Waals surface area contributed by atoms with Gasteiger partial charge in [0.1, 0.15) is 5.82 Å². The van der Waals surface area contributed by atoms with Crippen LogP contribution in [0.4, 0.5) is 11.8 Å². The van der Waals surface area contributed by atoms with Crippen molar-refractivity contribution in [1.82, 2.24) is 9.97 Å². The fourth-order valence-electron chi connectivity index (χ4n) is 3.07. The Labute approximate surface area is 165 Å². The van der Waals surface area contributed by atoms with Crippen molar-refractivity contribution >= 4 is 49.1 Å². The molecule has 27 heavy (non-hydrogen) atoms. The van der Waals surface area contributed by atoms with Gasteiger partial charge in [-0.2, -0.15) is 4.98 Å². The number of hydrogen-bond acceptors (Lipinski definition) is 6. The Balaban J connectivity index is 2.21. The summed E-state index contributed by atoms with van der Waals surface area (Å²) >= 11 is 0. The molecule has 1 aromatic heterocycles. The minimum atomic E-state index is -1.71. The highest BCUT2D eigenvalue weighted by Crippen LogP contribution is 2.53. The molecule has 3 unspecified atom stereocenters. The second kappa shape index (κ2) is 7.41. The van der Waals surface area contributed by atoms with Gasteiger partial charge in [0.25, 0.3) is 5.91 Å². The first-order valence-corrected chi connectivity index (χ1v) is 8.78. The number of carbonyl (C=O) groups is 1. The van der Waals surface area contributed by atoms with Crippen LogP contribution in [0.15, 0.2) is 6.20 Å². The molecule has 2 rings (SSSR count). The van der Waals surface area contributed by atoms with E-state index in [9.17, 15) is 9.90 Å². The first kappa shape index (κ1) is 21.7. The number of nitrogens with zero attached hydrogens (tertiary/aromatic N) is 2. The molecule has 0 aliphatic heterocycles. The van der Waals surface area contributed by atoms with Crippen LogP contribution in [0.5, 0.6) is 0 Å². The minimum absolute atomic E-state index is 0.152. The van der Waals surface area contributed by atoms with Crippen molar-refractivity contribution in [2.75, 3.05) is 10.6 Å². The number of aromatic nitrogens is 2. The summed E-state index contributed by atoms with van der Waals surface area (Å²) in [7, 11) is 23.4. The van der Waals surface area contributed by atoms with Crippen molar-refractivity contribution in [3.8, 4) is 0 Å². The van der Waals surface area contributed by atoms with Crippen molar-refractivity contribution < 1.29 is 9.90 Å². The third kappa shape index (κ3) is 5.00. The van der Waals surface area contributed by atoms with Gasteiger partial charge in [-0.1, -0.05) is 11.7 Å². The molecule has 1 aliphatic rings. The fraction of sp³-hybridized carbons (Fsp3) is 0.688. The van der Waals surface area contributed by atoms with Crippen LogP contribution in [-0.2, 0) is 0 Å². The number of nitrogens with one attached hydrogen (secondary N) is 2. The SMILES string of the molecule is [B]C([B])([B])C1([B])CCC(Nc2nc(NC(C)(C)C)ncc2C(N)=O)CC1O. The summed E-state index contributed by atoms with van der Waals surface area (Å²) < 4.78 is 0. The Kier molecular flexibility index (Phi) is 5.95. The van der Waals surface area contributed by atoms with Crippen LogP contribution in [0.2, 0.25) is 10.4 Å². The van der Waals surface area contributed by atoms with Gasteiger partial charge in [-0.25, -0.2) is 4.98 Å². The standard InChI is InChI=1S/C16H23B4N5O2/c1-14(2,3)25-13-22-7-9(11(21)27)12(24-13)23-8-4-5-15(17,10(26)6-8)16(18,19)20/h7-8,10,26H,4-6H2,1-3H3,(H2,21,27)(H2,22,23,24,25). The number of nitrogens with two attached hydrogens (primary N) is 1. The predicted molar refractivity (Wildman–Crippen MR) is 110 cm³/mol. The molecule has 3 atom stereocenters. The molecule has 0 bridgehead atoms. The largest absolute Gasteiger partial charge is 0.393 e. The van der Waals surface area contributed by atoms with Crippen LogP contribution in [0.1, 0.15) is 50.4 Å². The molecule has 1 aliphatic carbocycles. The summed E-state index contributed by atoms with van der Waals surface area (Å²) in [6.07, 6.45) is 1.37. The third-order valence-corrected chi connectivity index (χ3v) is 4.70. The second-order valence-electron chi connectivity index (χ2n) is 8.30. The summed E-state index contributed by atoms with van der Waals surface area (Å²) in [5, 5.41) is 13.7. The molecule has 11 heteroatoms. The lowest BCUT2D eigenvalue weighted by atomic mass is 9.25. The molecule has 0 spiro atoms. The van der Waals surface area contributed by atoms with Crippen LogP contribution in [0.3, 0.4) is 0 Å². The Morgan fingerprint density at radius 1 is 1.37 bits per heavy atom. The summed E-state index contributed by atoms with van der Waals surface area (Å²) in [6, 6.07) is -0.227. The molecule has 136 valence electrons. The Morgan fingerprint density at radius 3 is 2.48 bits per heavy atom. The maximum Gasteiger partial charge on any atom is 0.254 e. The van der Waals surface area contributed by atoms with Crippen molar-refractivity contribution in [3.05, 3.63) is 11.8 Å². The van der Waals surface area contributed by atoms with Gasteiger partial charge in [-0.05, 0) is 33.6 Å². The molecule has 0 saturated heterocycles. The number of primary amides is 1. The number of amides is 1. The van der Waals surface area contributed by atoms with Gasteiger partial charge in [0.15, 0.2) is 0 Å². The van der Waals surface area contributed by atoms with E-state index in [1.54, 1.807) is 0 Å². The summed E-state index contributed by atoms with van der Waals surface area (Å²) in [6.45, 7) is 5.88. The molecular weight excluding hydrogens is 337 g/mol. The van der Waals surface area contributed by atoms with Gasteiger partial charge in [0, 0.05) is 17.8 Å². The van der Waals surface area contributed by atoms with E-state index in [0.717, 1.165) is 0 Å². The third-order valence-electron chi connectivity index (χ3n) is 4.70. The van der Waals surface area contributed by atoms with Gasteiger partial charge in [0.05, 0.1) is 43.1 Å². The molecule has 0 aromatic carbocycles. The Morgan fingerprint density at radius 2 is 2.00 bits per heavy atom. The molecule has 1 aromatic rings. The van der Waals surface area contributed by atoms with Crippen LogP contribution in [-0.4, -0.2) is 70.1 Å². The van der Waals surface area contributed by atoms with E-state index in [1.165, 1.54) is 6.20 Å². The lowest BCUT2D eigenvalue weighted by Crippen LogP contribution is -2.48. The van der Waals surface area contributed by atoms with Crippen molar-refractivity contribution in [3.63, 3.8) is 0 Å². The molecule has 1 fully saturated rings. The van der Waals surface area contributed by atoms with Crippen LogP contribution in [0, 0.1) is 0 Å². The van der Waals surface area contributed by atoms with E-state index in [2.05, 4.69) is 20.6 Å². The number of hydrogen-bond donors (Lipinski definition) is 4. The number of rotatable bonds is 5. The second-order valence-corrected chi connectivity index (χ2v) is 8.30. The molecule has 1 heterocycles. The quantitative estimate of drug-likeness (QED) is 0.551. The first-order chi connectivity index (χ1) is 12.2. The molecule has 1 saturated carbocycles. The zero-order chi connectivity index (χ0) is 20.6. The highest BCUT2D eigenvalue weighted by atomic mass is 16.3. The topological polar surface area (TPSA) is 113 Å². The maximum absolute atomic E-state index is 11.7. The van der Waals surface area contributed by atoms with Crippen molar-refractivity contribution in [2.24, 2.45) is 5.73 Å². The Bertz CT molecular complexity index is 707. The maximum atomic E-state index is 11.7. The number of anilines is 2. The number of aliphatic hydroxyl groups excluding tert-OH is 1. The van der Waals surface area contributed by atoms with E-state index < -0.39 is 22.4 Å². The summed E-state index contributed by atoms with van der Waals surface area (Å²) in [5.74, 6) is -0.0240. The van der Waals surface area contributed by atoms with Gasteiger partial charge in [-0.3, -0.25) is 4.79 Å². The average Bonchev–Trinajstić information content (AvgIpc) is 2.48. The summed E-state index contributed by atoms with van der Waals surface area (Å²) in [5.41, 5.74) is 5.31. The summed E-state index contributed by atoms with van der Waals surface area (Å²) in [4.78, 5) is 20.2. The van der Waals surface area contributed by atoms with Crippen molar-refractivity contribution in [2.45, 2.75) is 68.1 Å². The van der Waals surface area contributed by atoms with E-state index in [-0.39, 0.29) is 29.4 Å². The van der Waals surface area contributed by atoms with Crippen LogP contribution in [0.25, 0.3) is 0 Å². The van der Waals surface area contributed by atoms with Crippen LogP contribution >= 0.6 is 0 Å². The lowest BCUT2D eigenvalue weighted by molar-refractivity contribution is 0.0762. The highest BCUT2D eigenvalue weighted by Gasteiger charge is 2.45. The predicted octanol–water partition coefficient (Wildman–Crippen LogP) is 0.0176. The molecule has 5 N–H and O–H groups in total. The monoisotopic (exact) mass is 361 g/mol. The molecule has 1 amide bonds. The number of carbonyl (C=O) groups excluding carboxylic acids is 1. The molecule has 8 radical (unpaired) electrons. The zero-order valence-electron chi connectivity index (χ0n) is 16.0. The Hall–Kier alpha value is -1.63. The van der Waals surface area contributed by atoms with Gasteiger partial charge >= 0.3 is 0 Å². The lowest BCUT2D eigenvalue weighted by Gasteiger charge is -2.52.